The Labute approximate surface area is 264 Å². The fraction of sp³-hybridized carbons (Fsp3) is 0.611. The monoisotopic (exact) mass is 608 g/mol. The summed E-state index contributed by atoms with van der Waals surface area (Å²) >= 11 is 6.16. The van der Waals surface area contributed by atoms with Crippen molar-refractivity contribution in [3.63, 3.8) is 0 Å². The number of hydrogen-bond donors (Lipinski definition) is 3. The molecule has 43 heavy (non-hydrogen) atoms. The predicted molar refractivity (Wildman–Crippen MR) is 177 cm³/mol. The molecule has 2 fully saturated rings. The molecule has 7 heteroatoms. The summed E-state index contributed by atoms with van der Waals surface area (Å²) in [6.07, 6.45) is 8.51. The number of rotatable bonds is 11. The van der Waals surface area contributed by atoms with E-state index in [1.807, 2.05) is 43.3 Å². The van der Waals surface area contributed by atoms with Gasteiger partial charge in [-0.2, -0.15) is 0 Å². The summed E-state index contributed by atoms with van der Waals surface area (Å²) in [6.45, 7) is 13.4. The lowest BCUT2D eigenvalue weighted by atomic mass is 9.63. The standard InChI is InChI=1S/C36H53ClN4O2/c1-26-11-9-10-12-29(26)24-38-27(2)33(42)39-32(23-28-15-17-31(37)18-16-28)25-41-21-19-36(20-22-41,30-13-7-6-8-14-30)34(43)40-35(3,4)5/h9-12,15-18,27,30,32,38H,6-8,13-14,19-25H2,1-5H3,(H,39,42)(H,40,43)/t27-,32-/m1/s1. The van der Waals surface area contributed by atoms with Crippen molar-refractivity contribution >= 4 is 23.4 Å². The molecule has 1 heterocycles. The Kier molecular flexibility index (Phi) is 11.7. The number of nitrogens with zero attached hydrogens (tertiary/aromatic N) is 1. The van der Waals surface area contributed by atoms with Crippen LogP contribution in [0.4, 0.5) is 0 Å². The average molecular weight is 609 g/mol. The van der Waals surface area contributed by atoms with E-state index in [0.29, 0.717) is 17.5 Å². The minimum Gasteiger partial charge on any atom is -0.351 e. The highest BCUT2D eigenvalue weighted by Crippen LogP contribution is 2.46. The zero-order chi connectivity index (χ0) is 31.0. The van der Waals surface area contributed by atoms with Crippen molar-refractivity contribution in [2.24, 2.45) is 11.3 Å². The Balaban J connectivity index is 1.42. The average Bonchev–Trinajstić information content (AvgIpc) is 2.97. The zero-order valence-electron chi connectivity index (χ0n) is 27.0. The van der Waals surface area contributed by atoms with Gasteiger partial charge in [-0.3, -0.25) is 9.59 Å². The second kappa shape index (κ2) is 15.0. The Bertz CT molecular complexity index is 1190. The number of benzene rings is 2. The van der Waals surface area contributed by atoms with Crippen LogP contribution < -0.4 is 16.0 Å². The van der Waals surface area contributed by atoms with E-state index in [1.54, 1.807) is 0 Å². The third-order valence-electron chi connectivity index (χ3n) is 9.55. The summed E-state index contributed by atoms with van der Waals surface area (Å²) in [5, 5.41) is 10.8. The van der Waals surface area contributed by atoms with Crippen molar-refractivity contribution in [1.29, 1.82) is 0 Å². The van der Waals surface area contributed by atoms with E-state index in [-0.39, 0.29) is 34.9 Å². The summed E-state index contributed by atoms with van der Waals surface area (Å²) < 4.78 is 0. The minimum atomic E-state index is -0.325. The molecule has 1 aliphatic heterocycles. The third-order valence-corrected chi connectivity index (χ3v) is 9.80. The smallest absolute Gasteiger partial charge is 0.237 e. The summed E-state index contributed by atoms with van der Waals surface area (Å²) in [6, 6.07) is 15.8. The molecular weight excluding hydrogens is 556 g/mol. The second-order valence-corrected chi connectivity index (χ2v) is 14.5. The van der Waals surface area contributed by atoms with Crippen LogP contribution in [0.1, 0.15) is 89.3 Å². The Hall–Kier alpha value is -2.41. The molecule has 2 aliphatic rings. The van der Waals surface area contributed by atoms with E-state index >= 15 is 0 Å². The Morgan fingerprint density at radius 1 is 1.00 bits per heavy atom. The van der Waals surface area contributed by atoms with Gasteiger partial charge >= 0.3 is 0 Å². The molecule has 1 saturated carbocycles. The van der Waals surface area contributed by atoms with Gasteiger partial charge in [0, 0.05) is 29.7 Å². The van der Waals surface area contributed by atoms with Crippen molar-refractivity contribution < 1.29 is 9.59 Å². The third kappa shape index (κ3) is 9.54. The molecule has 6 nitrogen and oxygen atoms in total. The van der Waals surface area contributed by atoms with Crippen LogP contribution >= 0.6 is 11.6 Å². The highest BCUT2D eigenvalue weighted by Gasteiger charge is 2.48. The zero-order valence-corrected chi connectivity index (χ0v) is 27.7. The molecule has 4 rings (SSSR count). The van der Waals surface area contributed by atoms with Crippen LogP contribution in [0.5, 0.6) is 0 Å². The molecule has 2 atom stereocenters. The normalized spacial score (nSPS) is 19.4. The molecule has 1 aliphatic carbocycles. The molecule has 0 spiro atoms. The van der Waals surface area contributed by atoms with Gasteiger partial charge in [0.15, 0.2) is 0 Å². The van der Waals surface area contributed by atoms with E-state index in [2.05, 4.69) is 60.7 Å². The van der Waals surface area contributed by atoms with Gasteiger partial charge in [-0.25, -0.2) is 0 Å². The van der Waals surface area contributed by atoms with Crippen molar-refractivity contribution in [3.05, 3.63) is 70.2 Å². The van der Waals surface area contributed by atoms with Crippen molar-refractivity contribution in [2.45, 2.75) is 110 Å². The first-order chi connectivity index (χ1) is 20.4. The lowest BCUT2D eigenvalue weighted by molar-refractivity contribution is -0.141. The first-order valence-electron chi connectivity index (χ1n) is 16.3. The van der Waals surface area contributed by atoms with Gasteiger partial charge in [0.2, 0.25) is 11.8 Å². The van der Waals surface area contributed by atoms with Gasteiger partial charge in [0.25, 0.3) is 0 Å². The van der Waals surface area contributed by atoms with Gasteiger partial charge in [0.05, 0.1) is 11.5 Å². The molecule has 2 aromatic rings. The van der Waals surface area contributed by atoms with Crippen LogP contribution in [-0.4, -0.2) is 54.0 Å². The molecule has 0 unspecified atom stereocenters. The number of nitrogens with one attached hydrogen (secondary N) is 3. The topological polar surface area (TPSA) is 73.5 Å². The number of carbonyl (C=O) groups is 2. The predicted octanol–water partition coefficient (Wildman–Crippen LogP) is 6.43. The molecule has 0 bridgehead atoms. The first kappa shape index (κ1) is 33.5. The van der Waals surface area contributed by atoms with E-state index in [4.69, 9.17) is 11.6 Å². The van der Waals surface area contributed by atoms with Crippen LogP contribution in [0, 0.1) is 18.3 Å². The number of likely N-dealkylation sites (tertiary alicyclic amines) is 1. The highest BCUT2D eigenvalue weighted by molar-refractivity contribution is 6.30. The molecule has 2 aromatic carbocycles. The van der Waals surface area contributed by atoms with Gasteiger partial charge in [-0.15, -0.1) is 0 Å². The lowest BCUT2D eigenvalue weighted by Crippen LogP contribution is -2.58. The van der Waals surface area contributed by atoms with Gasteiger partial charge in [0.1, 0.15) is 0 Å². The summed E-state index contributed by atoms with van der Waals surface area (Å²) in [5.41, 5.74) is 3.02. The second-order valence-electron chi connectivity index (χ2n) is 14.1. The Morgan fingerprint density at radius 2 is 1.65 bits per heavy atom. The molecule has 0 radical (unpaired) electrons. The number of aryl methyl sites for hydroxylation is 1. The maximum Gasteiger partial charge on any atom is 0.237 e. The quantitative estimate of drug-likeness (QED) is 0.275. The number of amides is 2. The molecular formula is C36H53ClN4O2. The fourth-order valence-electron chi connectivity index (χ4n) is 6.94. The van der Waals surface area contributed by atoms with Gasteiger partial charge < -0.3 is 20.9 Å². The van der Waals surface area contributed by atoms with Crippen LogP contribution in [0.25, 0.3) is 0 Å². The SMILES string of the molecule is Cc1ccccc1CN[C@H](C)C(=O)N[C@H](Cc1ccc(Cl)cc1)CN1CCC(C(=O)NC(C)(C)C)(C2CCCCC2)CC1. The maximum atomic E-state index is 13.8. The van der Waals surface area contributed by atoms with Gasteiger partial charge in [-0.05, 0) is 115 Å². The Morgan fingerprint density at radius 3 is 2.28 bits per heavy atom. The molecule has 236 valence electrons. The van der Waals surface area contributed by atoms with E-state index in [1.165, 1.54) is 30.4 Å². The van der Waals surface area contributed by atoms with Gasteiger partial charge in [-0.1, -0.05) is 67.3 Å². The van der Waals surface area contributed by atoms with Crippen molar-refractivity contribution in [1.82, 2.24) is 20.9 Å². The van der Waals surface area contributed by atoms with Crippen molar-refractivity contribution in [3.8, 4) is 0 Å². The molecule has 0 aromatic heterocycles. The summed E-state index contributed by atoms with van der Waals surface area (Å²) in [5.74, 6) is 0.701. The van der Waals surface area contributed by atoms with Crippen molar-refractivity contribution in [2.75, 3.05) is 19.6 Å². The number of halogens is 1. The van der Waals surface area contributed by atoms with Crippen LogP contribution in [-0.2, 0) is 22.6 Å². The van der Waals surface area contributed by atoms with Crippen LogP contribution in [0.2, 0.25) is 5.02 Å². The number of hydrogen-bond acceptors (Lipinski definition) is 4. The largest absolute Gasteiger partial charge is 0.351 e. The first-order valence-corrected chi connectivity index (χ1v) is 16.7. The lowest BCUT2D eigenvalue weighted by Gasteiger charge is -2.48. The molecule has 1 saturated heterocycles. The van der Waals surface area contributed by atoms with E-state index in [0.717, 1.165) is 57.3 Å². The van der Waals surface area contributed by atoms with Crippen LogP contribution in [0.15, 0.2) is 48.5 Å². The number of piperidine rings is 1. The summed E-state index contributed by atoms with van der Waals surface area (Å²) in [4.78, 5) is 29.7. The minimum absolute atomic E-state index is 0.00524. The number of carbonyl (C=O) groups excluding carboxylic acids is 2. The van der Waals surface area contributed by atoms with Crippen LogP contribution in [0.3, 0.4) is 0 Å². The fourth-order valence-corrected chi connectivity index (χ4v) is 7.07. The molecule has 3 N–H and O–H groups in total. The summed E-state index contributed by atoms with van der Waals surface area (Å²) in [7, 11) is 0. The van der Waals surface area contributed by atoms with E-state index < -0.39 is 0 Å². The van der Waals surface area contributed by atoms with E-state index in [9.17, 15) is 9.59 Å². The molecule has 2 amide bonds. The highest BCUT2D eigenvalue weighted by atomic mass is 35.5. The maximum absolute atomic E-state index is 13.8.